The molecule has 7 nitrogen and oxygen atoms in total. The largest absolute Gasteiger partial charge is 0.482 e. The van der Waals surface area contributed by atoms with E-state index in [4.69, 9.17) is 9.47 Å². The van der Waals surface area contributed by atoms with Crippen molar-refractivity contribution in [2.75, 3.05) is 31.6 Å². The van der Waals surface area contributed by atoms with Crippen molar-refractivity contribution in [1.29, 1.82) is 0 Å². The number of benzene rings is 1. The van der Waals surface area contributed by atoms with Crippen molar-refractivity contribution in [1.82, 2.24) is 14.5 Å². The van der Waals surface area contributed by atoms with E-state index in [-0.39, 0.29) is 29.6 Å². The molecule has 2 aromatic heterocycles. The lowest BCUT2D eigenvalue weighted by molar-refractivity contribution is -0.560. The molecule has 0 saturated carbocycles. The molecule has 174 valence electrons. The van der Waals surface area contributed by atoms with Gasteiger partial charge in [0.15, 0.2) is 19.7 Å². The van der Waals surface area contributed by atoms with Gasteiger partial charge in [0.2, 0.25) is 5.71 Å². The Morgan fingerprint density at radius 1 is 1.21 bits per heavy atom. The van der Waals surface area contributed by atoms with Crippen molar-refractivity contribution in [3.63, 3.8) is 0 Å². The lowest BCUT2D eigenvalue weighted by Gasteiger charge is -2.29. The van der Waals surface area contributed by atoms with Crippen LogP contribution in [0.2, 0.25) is 0 Å². The quantitative estimate of drug-likeness (QED) is 0.464. The van der Waals surface area contributed by atoms with Crippen LogP contribution in [0.1, 0.15) is 24.2 Å². The number of aryl methyl sites for hydroxylation is 1. The Morgan fingerprint density at radius 2 is 2.03 bits per heavy atom. The van der Waals surface area contributed by atoms with E-state index in [0.29, 0.717) is 31.0 Å². The van der Waals surface area contributed by atoms with E-state index in [0.717, 1.165) is 16.3 Å². The number of hydrogen-bond acceptors (Lipinski definition) is 5. The molecule has 1 aromatic carbocycles. The zero-order valence-corrected chi connectivity index (χ0v) is 18.0. The summed E-state index contributed by atoms with van der Waals surface area (Å²) in [6.07, 6.45) is -3.29. The summed E-state index contributed by atoms with van der Waals surface area (Å²) in [5.41, 5.74) is 0.896. The summed E-state index contributed by atoms with van der Waals surface area (Å²) in [7, 11) is 1.32. The molecule has 3 aromatic rings. The summed E-state index contributed by atoms with van der Waals surface area (Å²) in [5.74, 6) is 0.206. The third kappa shape index (κ3) is 3.90. The van der Waals surface area contributed by atoms with Gasteiger partial charge in [-0.05, 0) is 25.1 Å². The highest BCUT2D eigenvalue weighted by molar-refractivity contribution is 5.95. The molecule has 0 radical (unpaired) electrons. The standard InChI is InChI=1S/C22H22F4N5O2/c1-12-9-31(5-6-32-12)16-10-33-17-7-13(23)3-4-14(17)19(16)29-20-15-8-18(22(24,25)26)30(2)21(15)28-11-27-20/h3-4,7-8,11-12,19H,5-6,9-10H2,1-2H3,(H,27,28,29)/q+1/t12-,19+/m1/s1. The van der Waals surface area contributed by atoms with Gasteiger partial charge >= 0.3 is 6.18 Å². The molecule has 33 heavy (non-hydrogen) atoms. The molecule has 0 amide bonds. The second-order valence-electron chi connectivity index (χ2n) is 8.21. The first-order valence-corrected chi connectivity index (χ1v) is 10.5. The topological polar surface area (TPSA) is 64.2 Å². The van der Waals surface area contributed by atoms with Crippen molar-refractivity contribution in [2.24, 2.45) is 7.05 Å². The molecule has 5 rings (SSSR count). The van der Waals surface area contributed by atoms with Gasteiger partial charge in [-0.25, -0.2) is 18.9 Å². The molecule has 2 aliphatic rings. The van der Waals surface area contributed by atoms with Crippen LogP contribution in [0.15, 0.2) is 30.6 Å². The molecule has 1 N–H and O–H groups in total. The van der Waals surface area contributed by atoms with Crippen LogP contribution < -0.4 is 10.1 Å². The van der Waals surface area contributed by atoms with Gasteiger partial charge in [0.05, 0.1) is 5.39 Å². The first kappa shape index (κ1) is 21.6. The monoisotopic (exact) mass is 464 g/mol. The van der Waals surface area contributed by atoms with Gasteiger partial charge in [-0.2, -0.15) is 13.2 Å². The van der Waals surface area contributed by atoms with Crippen LogP contribution >= 0.6 is 0 Å². The lowest BCUT2D eigenvalue weighted by atomic mass is 9.97. The number of ether oxygens (including phenoxy) is 2. The van der Waals surface area contributed by atoms with Crippen molar-refractivity contribution < 1.29 is 31.6 Å². The van der Waals surface area contributed by atoms with Crippen molar-refractivity contribution >= 4 is 22.6 Å². The molecule has 1 saturated heterocycles. The molecular weight excluding hydrogens is 442 g/mol. The third-order valence-corrected chi connectivity index (χ3v) is 6.04. The Labute approximate surface area is 186 Å². The number of rotatable bonds is 2. The van der Waals surface area contributed by atoms with Crippen molar-refractivity contribution in [2.45, 2.75) is 25.2 Å². The Balaban J connectivity index is 1.63. The maximum Gasteiger partial charge on any atom is 0.431 e. The van der Waals surface area contributed by atoms with Gasteiger partial charge in [0, 0.05) is 18.7 Å². The fourth-order valence-corrected chi connectivity index (χ4v) is 4.46. The van der Waals surface area contributed by atoms with Gasteiger partial charge in [-0.15, -0.1) is 0 Å². The fraction of sp³-hybridized carbons (Fsp3) is 0.409. The molecule has 0 bridgehead atoms. The number of hydrogen-bond donors (Lipinski definition) is 1. The number of nitrogens with zero attached hydrogens (tertiary/aromatic N) is 4. The molecule has 0 unspecified atom stereocenters. The molecule has 4 heterocycles. The summed E-state index contributed by atoms with van der Waals surface area (Å²) in [6.45, 7) is 3.99. The van der Waals surface area contributed by atoms with Crippen molar-refractivity contribution in [3.05, 3.63) is 47.7 Å². The average Bonchev–Trinajstić information content (AvgIpc) is 3.12. The minimum Gasteiger partial charge on any atom is -0.482 e. The van der Waals surface area contributed by atoms with Crippen LogP contribution in [0.3, 0.4) is 0 Å². The van der Waals surface area contributed by atoms with Gasteiger partial charge < -0.3 is 19.4 Å². The smallest absolute Gasteiger partial charge is 0.431 e. The van der Waals surface area contributed by atoms with E-state index in [1.165, 1.54) is 25.5 Å². The SMILES string of the molecule is C[C@@H]1C[N+](=C2COc3cc(F)ccc3[C@@H]2Nc2ncnc3c2cc(C(F)(F)F)n3C)CCO1. The number of nitrogens with one attached hydrogen (secondary N) is 1. The van der Waals surface area contributed by atoms with Gasteiger partial charge in [0.1, 0.15) is 53.8 Å². The van der Waals surface area contributed by atoms with Crippen LogP contribution in [0.25, 0.3) is 11.0 Å². The maximum absolute atomic E-state index is 13.9. The zero-order chi connectivity index (χ0) is 23.3. The van der Waals surface area contributed by atoms with Gasteiger partial charge in [-0.1, -0.05) is 0 Å². The summed E-state index contributed by atoms with van der Waals surface area (Å²) in [4.78, 5) is 8.30. The average molecular weight is 464 g/mol. The Kier molecular flexibility index (Phi) is 5.23. The van der Waals surface area contributed by atoms with E-state index in [9.17, 15) is 17.6 Å². The second kappa shape index (κ2) is 7.98. The van der Waals surface area contributed by atoms with E-state index in [1.54, 1.807) is 6.07 Å². The summed E-state index contributed by atoms with van der Waals surface area (Å²) < 4.78 is 69.0. The molecular formula is C22H22F4N5O2+. The van der Waals surface area contributed by atoms with E-state index in [2.05, 4.69) is 19.9 Å². The van der Waals surface area contributed by atoms with E-state index >= 15 is 0 Å². The van der Waals surface area contributed by atoms with Crippen molar-refractivity contribution in [3.8, 4) is 5.75 Å². The number of aromatic nitrogens is 3. The van der Waals surface area contributed by atoms with Crippen LogP contribution in [0, 0.1) is 5.82 Å². The number of anilines is 1. The summed E-state index contributed by atoms with van der Waals surface area (Å²) >= 11 is 0. The number of fused-ring (bicyclic) bond motifs is 2. The van der Waals surface area contributed by atoms with E-state index in [1.807, 2.05) is 6.92 Å². The second-order valence-corrected chi connectivity index (χ2v) is 8.21. The van der Waals surface area contributed by atoms with Crippen LogP contribution in [0.4, 0.5) is 23.4 Å². The highest BCUT2D eigenvalue weighted by Gasteiger charge is 2.38. The number of alkyl halides is 3. The minimum atomic E-state index is -4.53. The molecule has 2 aliphatic heterocycles. The Morgan fingerprint density at radius 3 is 2.79 bits per heavy atom. The lowest BCUT2D eigenvalue weighted by Crippen LogP contribution is -2.44. The normalized spacial score (nSPS) is 23.3. The predicted molar refractivity (Wildman–Crippen MR) is 112 cm³/mol. The highest BCUT2D eigenvalue weighted by Crippen LogP contribution is 2.37. The first-order chi connectivity index (χ1) is 15.7. The van der Waals surface area contributed by atoms with Crippen LogP contribution in [0.5, 0.6) is 5.75 Å². The molecule has 0 spiro atoms. The maximum atomic E-state index is 13.9. The number of morpholine rings is 1. The molecule has 11 heteroatoms. The first-order valence-electron chi connectivity index (χ1n) is 10.5. The molecule has 1 fully saturated rings. The molecule has 2 atom stereocenters. The summed E-state index contributed by atoms with van der Waals surface area (Å²) in [5, 5.41) is 3.55. The minimum absolute atomic E-state index is 0.00994. The van der Waals surface area contributed by atoms with Crippen LogP contribution in [-0.4, -0.2) is 57.2 Å². The van der Waals surface area contributed by atoms with Crippen LogP contribution in [-0.2, 0) is 18.0 Å². The van der Waals surface area contributed by atoms with E-state index < -0.39 is 23.7 Å². The predicted octanol–water partition coefficient (Wildman–Crippen LogP) is 3.54. The Hall–Kier alpha value is -3.21. The zero-order valence-electron chi connectivity index (χ0n) is 18.0. The Bertz CT molecular complexity index is 1250. The summed E-state index contributed by atoms with van der Waals surface area (Å²) in [6, 6.07) is 4.83. The van der Waals surface area contributed by atoms with Gasteiger partial charge in [-0.3, -0.25) is 0 Å². The third-order valence-electron chi connectivity index (χ3n) is 6.04. The fourth-order valence-electron chi connectivity index (χ4n) is 4.46. The van der Waals surface area contributed by atoms with Gasteiger partial charge in [0.25, 0.3) is 0 Å². The highest BCUT2D eigenvalue weighted by atomic mass is 19.4. The number of halogens is 4. The molecule has 0 aliphatic carbocycles.